The highest BCUT2D eigenvalue weighted by atomic mass is 16.6. The first-order valence-electron chi connectivity index (χ1n) is 9.13. The minimum Gasteiger partial charge on any atom is -0.538 e. The fourth-order valence-electron chi connectivity index (χ4n) is 3.15. The van der Waals surface area contributed by atoms with Crippen LogP contribution in [0.3, 0.4) is 0 Å². The lowest BCUT2D eigenvalue weighted by Crippen LogP contribution is -2.50. The maximum absolute atomic E-state index is 12.9. The van der Waals surface area contributed by atoms with Crippen molar-refractivity contribution in [3.05, 3.63) is 78.1 Å². The number of para-hydroxylation sites is 1. The number of carbonyl (C=O) groups is 1. The monoisotopic (exact) mass is 376 g/mol. The minimum atomic E-state index is -0.722. The molecule has 142 valence electrons. The number of carbonyl (C=O) groups excluding carboxylic acids is 1. The number of amides is 1. The van der Waals surface area contributed by atoms with Gasteiger partial charge in [-0.25, -0.2) is 0 Å². The fraction of sp³-hybridized carbons (Fsp3) is 0.190. The van der Waals surface area contributed by atoms with Crippen LogP contribution in [0.4, 0.5) is 0 Å². The molecule has 1 amide bonds. The third-order valence-electron chi connectivity index (χ3n) is 4.69. The van der Waals surface area contributed by atoms with Gasteiger partial charge in [-0.05, 0) is 22.5 Å². The van der Waals surface area contributed by atoms with E-state index in [9.17, 15) is 9.90 Å². The number of aromatic nitrogens is 2. The van der Waals surface area contributed by atoms with Crippen LogP contribution in [0.1, 0.15) is 16.1 Å². The van der Waals surface area contributed by atoms with Crippen LogP contribution in [0.25, 0.3) is 11.8 Å². The number of rotatable bonds is 4. The van der Waals surface area contributed by atoms with E-state index < -0.39 is 5.95 Å². The average Bonchev–Trinajstić information content (AvgIpc) is 3.15. The first-order chi connectivity index (χ1) is 13.7. The van der Waals surface area contributed by atoms with Crippen LogP contribution in [0.2, 0.25) is 0 Å². The Labute approximate surface area is 162 Å². The van der Waals surface area contributed by atoms with Crippen molar-refractivity contribution in [3.63, 3.8) is 0 Å². The SMILES string of the molecule is O=C(c1c([O-])on[n+]1-c1ccccc1)N1CCN(/C=C/c2ccccc2)CC1. The Balaban J connectivity index is 1.44. The summed E-state index contributed by atoms with van der Waals surface area (Å²) in [5.74, 6) is -1.08. The third-order valence-corrected chi connectivity index (χ3v) is 4.69. The molecular weight excluding hydrogens is 356 g/mol. The van der Waals surface area contributed by atoms with Crippen molar-refractivity contribution in [2.75, 3.05) is 26.2 Å². The van der Waals surface area contributed by atoms with Gasteiger partial charge >= 0.3 is 11.6 Å². The fourth-order valence-corrected chi connectivity index (χ4v) is 3.15. The summed E-state index contributed by atoms with van der Waals surface area (Å²) in [7, 11) is 0. The van der Waals surface area contributed by atoms with Crippen molar-refractivity contribution in [2.24, 2.45) is 0 Å². The second-order valence-corrected chi connectivity index (χ2v) is 6.51. The molecule has 0 spiro atoms. The molecule has 1 aromatic heterocycles. The number of hydrogen-bond donors (Lipinski definition) is 0. The Morgan fingerprint density at radius 3 is 2.32 bits per heavy atom. The lowest BCUT2D eigenvalue weighted by Gasteiger charge is -2.33. The van der Waals surface area contributed by atoms with Crippen LogP contribution in [0.15, 0.2) is 71.4 Å². The van der Waals surface area contributed by atoms with Gasteiger partial charge in [0.05, 0.1) is 5.27 Å². The molecule has 0 N–H and O–H groups in total. The highest BCUT2D eigenvalue weighted by molar-refractivity contribution is 5.92. The number of hydrogen-bond acceptors (Lipinski definition) is 5. The molecule has 28 heavy (non-hydrogen) atoms. The Kier molecular flexibility index (Phi) is 5.05. The molecule has 7 nitrogen and oxygen atoms in total. The number of piperazine rings is 1. The second kappa shape index (κ2) is 7.96. The van der Waals surface area contributed by atoms with E-state index in [0.29, 0.717) is 31.9 Å². The molecule has 3 aromatic rings. The van der Waals surface area contributed by atoms with E-state index >= 15 is 0 Å². The summed E-state index contributed by atoms with van der Waals surface area (Å²) in [6, 6.07) is 19.1. The summed E-state index contributed by atoms with van der Waals surface area (Å²) >= 11 is 0. The van der Waals surface area contributed by atoms with Crippen LogP contribution in [-0.4, -0.2) is 47.2 Å². The van der Waals surface area contributed by atoms with E-state index in [1.807, 2.05) is 54.7 Å². The normalized spacial score (nSPS) is 14.6. The van der Waals surface area contributed by atoms with Gasteiger partial charge in [0, 0.05) is 38.3 Å². The van der Waals surface area contributed by atoms with E-state index in [-0.39, 0.29) is 11.6 Å². The van der Waals surface area contributed by atoms with Crippen molar-refractivity contribution in [2.45, 2.75) is 0 Å². The highest BCUT2D eigenvalue weighted by Gasteiger charge is 2.32. The van der Waals surface area contributed by atoms with Crippen molar-refractivity contribution < 1.29 is 19.1 Å². The zero-order chi connectivity index (χ0) is 19.3. The maximum Gasteiger partial charge on any atom is 0.327 e. The van der Waals surface area contributed by atoms with Crippen molar-refractivity contribution in [1.29, 1.82) is 0 Å². The van der Waals surface area contributed by atoms with Gasteiger partial charge in [0.2, 0.25) is 5.69 Å². The van der Waals surface area contributed by atoms with E-state index in [0.717, 1.165) is 5.56 Å². The minimum absolute atomic E-state index is 0.0699. The summed E-state index contributed by atoms with van der Waals surface area (Å²) in [4.78, 5) is 16.8. The number of benzene rings is 2. The molecule has 1 aliphatic heterocycles. The zero-order valence-corrected chi connectivity index (χ0v) is 15.3. The maximum atomic E-state index is 12.9. The molecule has 4 rings (SSSR count). The Bertz CT molecular complexity index is 962. The van der Waals surface area contributed by atoms with Crippen LogP contribution < -0.4 is 9.79 Å². The van der Waals surface area contributed by atoms with Crippen molar-refractivity contribution in [3.8, 4) is 11.6 Å². The lowest BCUT2D eigenvalue weighted by molar-refractivity contribution is -0.672. The van der Waals surface area contributed by atoms with Crippen molar-refractivity contribution in [1.82, 2.24) is 15.1 Å². The van der Waals surface area contributed by atoms with E-state index in [2.05, 4.69) is 16.2 Å². The highest BCUT2D eigenvalue weighted by Crippen LogP contribution is 2.15. The molecule has 7 heteroatoms. The molecule has 2 heterocycles. The van der Waals surface area contributed by atoms with Gasteiger partial charge in [-0.15, -0.1) is 0 Å². The topological polar surface area (TPSA) is 76.5 Å². The van der Waals surface area contributed by atoms with Gasteiger partial charge in [-0.3, -0.25) is 4.79 Å². The van der Waals surface area contributed by atoms with Gasteiger partial charge in [0.15, 0.2) is 5.95 Å². The summed E-state index contributed by atoms with van der Waals surface area (Å²) < 4.78 is 6.03. The molecule has 0 aliphatic carbocycles. The predicted octanol–water partition coefficient (Wildman–Crippen LogP) is 1.45. The van der Waals surface area contributed by atoms with Crippen LogP contribution in [-0.2, 0) is 0 Å². The molecule has 1 saturated heterocycles. The van der Waals surface area contributed by atoms with Gasteiger partial charge in [-0.1, -0.05) is 48.5 Å². The molecular formula is C21H20N4O3. The summed E-state index contributed by atoms with van der Waals surface area (Å²) in [6.45, 7) is 2.44. The molecule has 1 aliphatic rings. The first-order valence-corrected chi connectivity index (χ1v) is 9.13. The molecule has 0 atom stereocenters. The smallest absolute Gasteiger partial charge is 0.327 e. The zero-order valence-electron chi connectivity index (χ0n) is 15.3. The molecule has 0 bridgehead atoms. The average molecular weight is 376 g/mol. The molecule has 0 radical (unpaired) electrons. The molecule has 0 saturated carbocycles. The van der Waals surface area contributed by atoms with E-state index in [4.69, 9.17) is 4.52 Å². The predicted molar refractivity (Wildman–Crippen MR) is 100 cm³/mol. The van der Waals surface area contributed by atoms with Gasteiger partial charge in [-0.2, -0.15) is 0 Å². The van der Waals surface area contributed by atoms with E-state index in [1.165, 1.54) is 4.68 Å². The number of nitrogens with zero attached hydrogens (tertiary/aromatic N) is 4. The first kappa shape index (κ1) is 17.8. The summed E-state index contributed by atoms with van der Waals surface area (Å²) in [6.07, 6.45) is 4.09. The van der Waals surface area contributed by atoms with Crippen LogP contribution in [0, 0.1) is 0 Å². The van der Waals surface area contributed by atoms with Crippen LogP contribution in [0.5, 0.6) is 5.95 Å². The Hall–Kier alpha value is -3.61. The Morgan fingerprint density at radius 1 is 1.00 bits per heavy atom. The van der Waals surface area contributed by atoms with Gasteiger partial charge in [0.25, 0.3) is 0 Å². The van der Waals surface area contributed by atoms with Crippen LogP contribution >= 0.6 is 0 Å². The van der Waals surface area contributed by atoms with Crippen molar-refractivity contribution >= 4 is 12.0 Å². The van der Waals surface area contributed by atoms with Gasteiger partial charge in [0.1, 0.15) is 0 Å². The third kappa shape index (κ3) is 3.73. The molecule has 1 fully saturated rings. The van der Waals surface area contributed by atoms with E-state index in [1.54, 1.807) is 17.0 Å². The second-order valence-electron chi connectivity index (χ2n) is 6.51. The molecule has 0 unspecified atom stereocenters. The summed E-state index contributed by atoms with van der Waals surface area (Å²) in [5.41, 5.74) is 1.67. The molecule has 2 aromatic carbocycles. The standard InChI is InChI=1S/C21H20N4O3/c26-20(19-21(27)28-22-25(19)18-9-5-2-6-10-18)24-15-13-23(14-16-24)12-11-17-7-3-1-4-8-17/h1-12H,13-16H2/b12-11+. The summed E-state index contributed by atoms with van der Waals surface area (Å²) in [5, 5.41) is 15.8. The Morgan fingerprint density at radius 2 is 1.64 bits per heavy atom. The largest absolute Gasteiger partial charge is 0.538 e. The lowest BCUT2D eigenvalue weighted by atomic mass is 10.2. The van der Waals surface area contributed by atoms with Gasteiger partial charge < -0.3 is 19.4 Å². The quantitative estimate of drug-likeness (QED) is 0.644.